The fourth-order valence-electron chi connectivity index (χ4n) is 4.01. The molecule has 1 saturated heterocycles. The lowest BCUT2D eigenvalue weighted by Crippen LogP contribution is -2.46. The molecule has 0 bridgehead atoms. The highest BCUT2D eigenvalue weighted by atomic mass is 32.1. The highest BCUT2D eigenvalue weighted by molar-refractivity contribution is 7.12. The molecule has 7 nitrogen and oxygen atoms in total. The number of hydrogen-bond donors (Lipinski definition) is 1. The molecule has 0 spiro atoms. The number of carbonyl (C=O) groups is 4. The minimum atomic E-state index is -0.919. The molecule has 4 rings (SSSR count). The normalized spacial score (nSPS) is 16.5. The van der Waals surface area contributed by atoms with Crippen molar-refractivity contribution in [3.05, 3.63) is 82.6 Å². The quantitative estimate of drug-likeness (QED) is 0.556. The van der Waals surface area contributed by atoms with Gasteiger partial charge in [0, 0.05) is 12.6 Å². The second-order valence-corrected chi connectivity index (χ2v) is 8.74. The minimum absolute atomic E-state index is 0.0967. The first kappa shape index (κ1) is 22.4. The van der Waals surface area contributed by atoms with Gasteiger partial charge in [0.25, 0.3) is 11.8 Å². The number of nitrogens with one attached hydrogen (secondary N) is 1. The highest BCUT2D eigenvalue weighted by Gasteiger charge is 2.46. The maximum atomic E-state index is 13.5. The van der Waals surface area contributed by atoms with Gasteiger partial charge in [-0.2, -0.15) is 0 Å². The molecule has 1 aliphatic heterocycles. The van der Waals surface area contributed by atoms with Gasteiger partial charge in [0.05, 0.1) is 23.0 Å². The van der Waals surface area contributed by atoms with Crippen molar-refractivity contribution in [1.29, 1.82) is 0 Å². The van der Waals surface area contributed by atoms with Crippen LogP contribution in [0.25, 0.3) is 0 Å². The van der Waals surface area contributed by atoms with E-state index < -0.39 is 18.0 Å². The van der Waals surface area contributed by atoms with Gasteiger partial charge in [-0.15, -0.1) is 11.3 Å². The molecule has 1 aliphatic rings. The number of anilines is 2. The number of benzene rings is 2. The largest absolute Gasteiger partial charge is 0.326 e. The van der Waals surface area contributed by atoms with Gasteiger partial charge in [-0.3, -0.25) is 19.2 Å². The molecule has 0 saturated carbocycles. The van der Waals surface area contributed by atoms with Crippen molar-refractivity contribution in [2.45, 2.75) is 32.4 Å². The van der Waals surface area contributed by atoms with Crippen LogP contribution >= 0.6 is 11.3 Å². The lowest BCUT2D eigenvalue weighted by Gasteiger charge is -2.33. The minimum Gasteiger partial charge on any atom is -0.326 e. The van der Waals surface area contributed by atoms with Crippen molar-refractivity contribution >= 4 is 46.3 Å². The van der Waals surface area contributed by atoms with E-state index in [1.807, 2.05) is 42.6 Å². The van der Waals surface area contributed by atoms with E-state index in [9.17, 15) is 19.2 Å². The highest BCUT2D eigenvalue weighted by Crippen LogP contribution is 2.33. The Morgan fingerprint density at radius 1 is 1.03 bits per heavy atom. The van der Waals surface area contributed by atoms with Crippen molar-refractivity contribution in [2.24, 2.45) is 0 Å². The predicted molar refractivity (Wildman–Crippen MR) is 127 cm³/mol. The summed E-state index contributed by atoms with van der Waals surface area (Å²) in [5, 5.41) is 4.47. The fraction of sp³-hybridized carbons (Fsp3) is 0.200. The third-order valence-electron chi connectivity index (χ3n) is 5.57. The number of thiophene rings is 1. The second kappa shape index (κ2) is 9.38. The van der Waals surface area contributed by atoms with E-state index in [0.717, 1.165) is 10.5 Å². The zero-order valence-corrected chi connectivity index (χ0v) is 19.0. The summed E-state index contributed by atoms with van der Waals surface area (Å²) in [7, 11) is 0. The molecular weight excluding hydrogens is 438 g/mol. The van der Waals surface area contributed by atoms with Gasteiger partial charge >= 0.3 is 0 Å². The van der Waals surface area contributed by atoms with Crippen LogP contribution in [0, 0.1) is 0 Å². The molecule has 1 aromatic heterocycles. The summed E-state index contributed by atoms with van der Waals surface area (Å²) in [6, 6.07) is 18.1. The number of rotatable bonds is 6. The van der Waals surface area contributed by atoms with Crippen LogP contribution in [0.5, 0.6) is 0 Å². The van der Waals surface area contributed by atoms with Gasteiger partial charge in [-0.25, -0.2) is 4.90 Å². The number of amides is 4. The molecule has 2 heterocycles. The van der Waals surface area contributed by atoms with Crippen LogP contribution in [0.1, 0.15) is 41.5 Å². The molecule has 1 N–H and O–H groups in total. The summed E-state index contributed by atoms with van der Waals surface area (Å²) < 4.78 is 0. The van der Waals surface area contributed by atoms with Crippen molar-refractivity contribution in [3.8, 4) is 0 Å². The van der Waals surface area contributed by atoms with Crippen LogP contribution in [0.15, 0.2) is 72.1 Å². The van der Waals surface area contributed by atoms with Gasteiger partial charge in [0.15, 0.2) is 0 Å². The standard InChI is InChI=1S/C25H23N3O4S/c1-16(18-7-4-3-5-8-18)27(25(32)22-9-6-14-33-22)21-15-23(30)28(24(21)31)20-12-10-19(11-13-20)26-17(2)29/h3-14,16,21H,15H2,1-2H3,(H,26,29). The van der Waals surface area contributed by atoms with Crippen LogP contribution in [0.4, 0.5) is 11.4 Å². The molecule has 3 aromatic rings. The first-order valence-corrected chi connectivity index (χ1v) is 11.4. The summed E-state index contributed by atoms with van der Waals surface area (Å²) in [6.45, 7) is 3.27. The smallest absolute Gasteiger partial charge is 0.265 e. The average Bonchev–Trinajstić information content (AvgIpc) is 3.43. The van der Waals surface area contributed by atoms with Gasteiger partial charge in [0.1, 0.15) is 6.04 Å². The van der Waals surface area contributed by atoms with Crippen molar-refractivity contribution in [1.82, 2.24) is 4.90 Å². The van der Waals surface area contributed by atoms with Crippen molar-refractivity contribution in [3.63, 3.8) is 0 Å². The van der Waals surface area contributed by atoms with E-state index in [0.29, 0.717) is 16.3 Å². The van der Waals surface area contributed by atoms with Crippen LogP contribution in [0.3, 0.4) is 0 Å². The Bertz CT molecular complexity index is 1180. The lowest BCUT2D eigenvalue weighted by atomic mass is 10.0. The second-order valence-electron chi connectivity index (χ2n) is 7.79. The lowest BCUT2D eigenvalue weighted by molar-refractivity contribution is -0.123. The molecule has 2 aromatic carbocycles. The van der Waals surface area contributed by atoms with Gasteiger partial charge < -0.3 is 10.2 Å². The molecule has 4 amide bonds. The topological polar surface area (TPSA) is 86.8 Å². The van der Waals surface area contributed by atoms with Gasteiger partial charge in [0.2, 0.25) is 11.8 Å². The first-order valence-electron chi connectivity index (χ1n) is 10.5. The summed E-state index contributed by atoms with van der Waals surface area (Å²) in [5.41, 5.74) is 1.84. The van der Waals surface area contributed by atoms with Crippen LogP contribution in [0.2, 0.25) is 0 Å². The summed E-state index contributed by atoms with van der Waals surface area (Å²) >= 11 is 1.30. The summed E-state index contributed by atoms with van der Waals surface area (Å²) in [5.74, 6) is -1.31. The predicted octanol–water partition coefficient (Wildman–Crippen LogP) is 4.24. The van der Waals surface area contributed by atoms with E-state index in [4.69, 9.17) is 0 Å². The number of carbonyl (C=O) groups excluding carboxylic acids is 4. The maximum Gasteiger partial charge on any atom is 0.265 e. The Labute approximate surface area is 195 Å². The van der Waals surface area contributed by atoms with E-state index in [2.05, 4.69) is 5.32 Å². The third kappa shape index (κ3) is 4.56. The zero-order chi connectivity index (χ0) is 23.5. The molecule has 2 unspecified atom stereocenters. The SMILES string of the molecule is CC(=O)Nc1ccc(N2C(=O)CC(N(C(=O)c3cccs3)C(C)c3ccccc3)C2=O)cc1. The molecule has 8 heteroatoms. The Morgan fingerprint density at radius 2 is 1.73 bits per heavy atom. The summed E-state index contributed by atoms with van der Waals surface area (Å²) in [6.07, 6.45) is -0.0967. The first-order chi connectivity index (χ1) is 15.9. The molecule has 1 fully saturated rings. The molecule has 0 radical (unpaired) electrons. The number of nitrogens with zero attached hydrogens (tertiary/aromatic N) is 2. The zero-order valence-electron chi connectivity index (χ0n) is 18.2. The Hall–Kier alpha value is -3.78. The Kier molecular flexibility index (Phi) is 6.37. The van der Waals surface area contributed by atoms with Crippen molar-refractivity contribution in [2.75, 3.05) is 10.2 Å². The number of imide groups is 1. The Balaban J connectivity index is 1.66. The number of hydrogen-bond acceptors (Lipinski definition) is 5. The van der Waals surface area contributed by atoms with Crippen molar-refractivity contribution < 1.29 is 19.2 Å². The molecule has 33 heavy (non-hydrogen) atoms. The molecular formula is C25H23N3O4S. The van der Waals surface area contributed by atoms with E-state index in [-0.39, 0.29) is 24.1 Å². The third-order valence-corrected chi connectivity index (χ3v) is 6.43. The van der Waals surface area contributed by atoms with Crippen LogP contribution in [-0.2, 0) is 14.4 Å². The fourth-order valence-corrected chi connectivity index (χ4v) is 4.68. The average molecular weight is 462 g/mol. The van der Waals surface area contributed by atoms with E-state index >= 15 is 0 Å². The van der Waals surface area contributed by atoms with E-state index in [1.165, 1.54) is 23.2 Å². The van der Waals surface area contributed by atoms with Gasteiger partial charge in [-0.05, 0) is 48.2 Å². The van der Waals surface area contributed by atoms with Crippen LogP contribution in [-0.4, -0.2) is 34.6 Å². The van der Waals surface area contributed by atoms with Crippen LogP contribution < -0.4 is 10.2 Å². The summed E-state index contributed by atoms with van der Waals surface area (Å²) in [4.78, 5) is 54.3. The molecule has 168 valence electrons. The molecule has 2 atom stereocenters. The maximum absolute atomic E-state index is 13.5. The van der Waals surface area contributed by atoms with Gasteiger partial charge in [-0.1, -0.05) is 36.4 Å². The Morgan fingerprint density at radius 3 is 2.33 bits per heavy atom. The molecule has 0 aliphatic carbocycles. The van der Waals surface area contributed by atoms with E-state index in [1.54, 1.807) is 36.4 Å². The monoisotopic (exact) mass is 461 g/mol.